The van der Waals surface area contributed by atoms with E-state index in [2.05, 4.69) is 18.2 Å². The first-order chi connectivity index (χ1) is 7.38. The molecule has 15 heavy (non-hydrogen) atoms. The van der Waals surface area contributed by atoms with E-state index >= 15 is 0 Å². The molecule has 2 heteroatoms. The fraction of sp³-hybridized carbons (Fsp3) is 0.385. The van der Waals surface area contributed by atoms with E-state index in [4.69, 9.17) is 9.84 Å². The van der Waals surface area contributed by atoms with Gasteiger partial charge in [0.15, 0.2) is 0 Å². The molecule has 1 aliphatic rings. The summed E-state index contributed by atoms with van der Waals surface area (Å²) in [6.07, 6.45) is 4.15. The zero-order chi connectivity index (χ0) is 10.5. The zero-order valence-electron chi connectivity index (χ0n) is 8.73. The van der Waals surface area contributed by atoms with Gasteiger partial charge < -0.3 is 9.84 Å². The molecule has 0 fully saturated rings. The third-order valence-corrected chi connectivity index (χ3v) is 2.69. The van der Waals surface area contributed by atoms with E-state index in [1.54, 1.807) is 0 Å². The Hall–Kier alpha value is -1.12. The topological polar surface area (TPSA) is 29.5 Å². The Labute approximate surface area is 90.2 Å². The van der Waals surface area contributed by atoms with E-state index in [1.807, 2.05) is 18.2 Å². The van der Waals surface area contributed by atoms with Gasteiger partial charge in [-0.25, -0.2) is 0 Å². The Kier molecular flexibility index (Phi) is 3.54. The molecule has 2 rings (SSSR count). The average molecular weight is 204 g/mol. The monoisotopic (exact) mass is 204 g/mol. The van der Waals surface area contributed by atoms with E-state index in [0.29, 0.717) is 6.61 Å². The van der Waals surface area contributed by atoms with Gasteiger partial charge in [0.2, 0.25) is 0 Å². The van der Waals surface area contributed by atoms with Gasteiger partial charge in [0.1, 0.15) is 0 Å². The van der Waals surface area contributed by atoms with Crippen LogP contribution < -0.4 is 0 Å². The zero-order valence-corrected chi connectivity index (χ0v) is 8.73. The lowest BCUT2D eigenvalue weighted by Crippen LogP contribution is -2.09. The van der Waals surface area contributed by atoms with Gasteiger partial charge in [-0.05, 0) is 24.0 Å². The third-order valence-electron chi connectivity index (χ3n) is 2.69. The van der Waals surface area contributed by atoms with Gasteiger partial charge in [0.25, 0.3) is 0 Å². The highest BCUT2D eigenvalue weighted by Gasteiger charge is 2.16. The molecule has 0 heterocycles. The van der Waals surface area contributed by atoms with E-state index in [-0.39, 0.29) is 12.7 Å². The average Bonchev–Trinajstić information content (AvgIpc) is 2.76. The fourth-order valence-electron chi connectivity index (χ4n) is 1.80. The van der Waals surface area contributed by atoms with Crippen LogP contribution in [0.2, 0.25) is 0 Å². The van der Waals surface area contributed by atoms with Crippen LogP contribution in [0.15, 0.2) is 42.0 Å². The van der Waals surface area contributed by atoms with Crippen LogP contribution in [0.4, 0.5) is 0 Å². The Balaban J connectivity index is 1.77. The highest BCUT2D eigenvalue weighted by molar-refractivity contribution is 5.14. The van der Waals surface area contributed by atoms with Crippen LogP contribution >= 0.6 is 0 Å². The van der Waals surface area contributed by atoms with Crippen LogP contribution in [0.25, 0.3) is 0 Å². The molecule has 2 nitrogen and oxygen atoms in total. The van der Waals surface area contributed by atoms with Crippen LogP contribution in [0.1, 0.15) is 18.4 Å². The van der Waals surface area contributed by atoms with Crippen molar-refractivity contribution in [3.63, 3.8) is 0 Å². The largest absolute Gasteiger partial charge is 0.392 e. The molecule has 1 unspecified atom stereocenters. The molecule has 0 saturated heterocycles. The number of hydrogen-bond donors (Lipinski definition) is 1. The molecule has 1 aromatic carbocycles. The highest BCUT2D eigenvalue weighted by atomic mass is 16.5. The maximum atomic E-state index is 8.95. The summed E-state index contributed by atoms with van der Waals surface area (Å²) in [5, 5.41) is 8.95. The van der Waals surface area contributed by atoms with Gasteiger partial charge >= 0.3 is 0 Å². The van der Waals surface area contributed by atoms with Crippen LogP contribution in [-0.4, -0.2) is 17.8 Å². The summed E-state index contributed by atoms with van der Waals surface area (Å²) in [5.74, 6) is 0. The molecular formula is C13H16O2. The summed E-state index contributed by atoms with van der Waals surface area (Å²) in [4.78, 5) is 0. The van der Waals surface area contributed by atoms with Crippen molar-refractivity contribution >= 4 is 0 Å². The number of benzene rings is 1. The first kappa shape index (κ1) is 10.4. The van der Waals surface area contributed by atoms with Gasteiger partial charge in [-0.15, -0.1) is 0 Å². The molecule has 1 aliphatic carbocycles. The molecular weight excluding hydrogens is 188 g/mol. The second-order valence-corrected chi connectivity index (χ2v) is 3.88. The molecule has 80 valence electrons. The van der Waals surface area contributed by atoms with Gasteiger partial charge in [-0.2, -0.15) is 0 Å². The Morgan fingerprint density at radius 1 is 1.27 bits per heavy atom. The second kappa shape index (κ2) is 5.10. The van der Waals surface area contributed by atoms with Gasteiger partial charge in [0.05, 0.1) is 19.3 Å². The lowest BCUT2D eigenvalue weighted by atomic mass is 10.2. The standard InChI is InChI=1S/C13H16O2/c14-9-12-6-7-13(8-12)15-10-11-4-2-1-3-5-11/h1-6,13-14H,7-10H2. The quantitative estimate of drug-likeness (QED) is 0.762. The molecule has 1 N–H and O–H groups in total. The lowest BCUT2D eigenvalue weighted by Gasteiger charge is -2.11. The highest BCUT2D eigenvalue weighted by Crippen LogP contribution is 2.21. The first-order valence-corrected chi connectivity index (χ1v) is 5.33. The lowest BCUT2D eigenvalue weighted by molar-refractivity contribution is 0.0475. The van der Waals surface area contributed by atoms with Crippen molar-refractivity contribution in [1.29, 1.82) is 0 Å². The van der Waals surface area contributed by atoms with Crippen molar-refractivity contribution in [3.8, 4) is 0 Å². The fourth-order valence-corrected chi connectivity index (χ4v) is 1.80. The number of rotatable bonds is 4. The van der Waals surface area contributed by atoms with Crippen LogP contribution in [-0.2, 0) is 11.3 Å². The van der Waals surface area contributed by atoms with Crippen LogP contribution in [0.5, 0.6) is 0 Å². The Bertz CT molecular complexity index is 330. The van der Waals surface area contributed by atoms with Gasteiger partial charge in [0, 0.05) is 0 Å². The van der Waals surface area contributed by atoms with Crippen LogP contribution in [0, 0.1) is 0 Å². The van der Waals surface area contributed by atoms with Crippen molar-refractivity contribution in [1.82, 2.24) is 0 Å². The second-order valence-electron chi connectivity index (χ2n) is 3.88. The first-order valence-electron chi connectivity index (χ1n) is 5.33. The van der Waals surface area contributed by atoms with E-state index in [9.17, 15) is 0 Å². The predicted octanol–water partition coefficient (Wildman–Crippen LogP) is 2.28. The number of aliphatic hydroxyl groups is 1. The molecule has 1 atom stereocenters. The minimum absolute atomic E-state index is 0.172. The molecule has 0 bridgehead atoms. The van der Waals surface area contributed by atoms with Crippen molar-refractivity contribution < 1.29 is 9.84 Å². The van der Waals surface area contributed by atoms with E-state index in [1.165, 1.54) is 5.56 Å². The summed E-state index contributed by atoms with van der Waals surface area (Å²) in [5.41, 5.74) is 2.31. The molecule has 0 aromatic heterocycles. The predicted molar refractivity (Wildman–Crippen MR) is 59.4 cm³/mol. The molecule has 0 amide bonds. The molecule has 0 aliphatic heterocycles. The van der Waals surface area contributed by atoms with Crippen molar-refractivity contribution in [2.45, 2.75) is 25.6 Å². The van der Waals surface area contributed by atoms with E-state index in [0.717, 1.165) is 18.4 Å². The molecule has 0 spiro atoms. The smallest absolute Gasteiger partial charge is 0.0720 e. The van der Waals surface area contributed by atoms with Gasteiger partial charge in [-0.1, -0.05) is 36.4 Å². The maximum absolute atomic E-state index is 8.95. The number of aliphatic hydroxyl groups excluding tert-OH is 1. The summed E-state index contributed by atoms with van der Waals surface area (Å²) in [6.45, 7) is 0.837. The van der Waals surface area contributed by atoms with Crippen molar-refractivity contribution in [2.75, 3.05) is 6.61 Å². The summed E-state index contributed by atoms with van der Waals surface area (Å²) < 4.78 is 5.76. The molecule has 0 saturated carbocycles. The number of ether oxygens (including phenoxy) is 1. The van der Waals surface area contributed by atoms with Crippen LogP contribution in [0.3, 0.4) is 0 Å². The molecule has 1 aromatic rings. The Morgan fingerprint density at radius 3 is 2.73 bits per heavy atom. The molecule has 0 radical (unpaired) electrons. The van der Waals surface area contributed by atoms with Crippen molar-refractivity contribution in [2.24, 2.45) is 0 Å². The normalized spacial score (nSPS) is 20.3. The minimum atomic E-state index is 0.172. The maximum Gasteiger partial charge on any atom is 0.0720 e. The minimum Gasteiger partial charge on any atom is -0.392 e. The number of hydrogen-bond acceptors (Lipinski definition) is 2. The summed E-state index contributed by atoms with van der Waals surface area (Å²) in [7, 11) is 0. The van der Waals surface area contributed by atoms with E-state index < -0.39 is 0 Å². The summed E-state index contributed by atoms with van der Waals surface area (Å²) >= 11 is 0. The third kappa shape index (κ3) is 2.91. The Morgan fingerprint density at radius 2 is 2.07 bits per heavy atom. The van der Waals surface area contributed by atoms with Crippen molar-refractivity contribution in [3.05, 3.63) is 47.5 Å². The van der Waals surface area contributed by atoms with Gasteiger partial charge in [-0.3, -0.25) is 0 Å². The summed E-state index contributed by atoms with van der Waals surface area (Å²) in [6, 6.07) is 10.2. The SMILES string of the molecule is OCC1=CCC(OCc2ccccc2)C1.